The number of fused-ring (bicyclic) bond motifs is 1. The first kappa shape index (κ1) is 14.7. The quantitative estimate of drug-likeness (QED) is 0.807. The lowest BCUT2D eigenvalue weighted by molar-refractivity contribution is 0.258. The lowest BCUT2D eigenvalue weighted by atomic mass is 10.1. The maximum Gasteiger partial charge on any atom is 0.125 e. The Bertz CT molecular complexity index is 552. The third kappa shape index (κ3) is 2.60. The fourth-order valence-corrected chi connectivity index (χ4v) is 2.54. The molecule has 2 aliphatic rings. The Balaban J connectivity index is 2.32. The van der Waals surface area contributed by atoms with Crippen LogP contribution < -0.4 is 5.73 Å². The standard InChI is InChI=1S/C16H20ClN3/c1-4-13(17)9-8-12(2)16-14(11-18)20-10-6-5-7-15(20)19(16)3/h4-10,15H,2,11,18H2,1,3H3/b9-8-,13-4+. The Morgan fingerprint density at radius 1 is 1.45 bits per heavy atom. The molecule has 20 heavy (non-hydrogen) atoms. The zero-order valence-electron chi connectivity index (χ0n) is 11.9. The first-order valence-corrected chi connectivity index (χ1v) is 6.96. The van der Waals surface area contributed by atoms with Crippen LogP contribution in [-0.4, -0.2) is 29.6 Å². The first-order chi connectivity index (χ1) is 9.60. The fourth-order valence-electron chi connectivity index (χ4n) is 2.48. The highest BCUT2D eigenvalue weighted by atomic mass is 35.5. The molecule has 0 bridgehead atoms. The number of hydrogen-bond donors (Lipinski definition) is 1. The van der Waals surface area contributed by atoms with Crippen LogP contribution in [0.15, 0.2) is 71.2 Å². The summed E-state index contributed by atoms with van der Waals surface area (Å²) >= 11 is 5.99. The Kier molecular flexibility index (Phi) is 4.53. The van der Waals surface area contributed by atoms with E-state index < -0.39 is 0 Å². The maximum absolute atomic E-state index is 5.99. The van der Waals surface area contributed by atoms with Gasteiger partial charge in [-0.25, -0.2) is 0 Å². The largest absolute Gasteiger partial charge is 0.349 e. The molecule has 0 aromatic rings. The molecule has 0 saturated heterocycles. The van der Waals surface area contributed by atoms with Crippen molar-refractivity contribution in [3.05, 3.63) is 71.2 Å². The molecule has 0 amide bonds. The van der Waals surface area contributed by atoms with Gasteiger partial charge in [0.15, 0.2) is 0 Å². The van der Waals surface area contributed by atoms with Gasteiger partial charge in [-0.1, -0.05) is 36.4 Å². The van der Waals surface area contributed by atoms with Crippen molar-refractivity contribution in [3.63, 3.8) is 0 Å². The molecule has 0 fully saturated rings. The number of halogens is 1. The molecule has 0 aromatic carbocycles. The summed E-state index contributed by atoms with van der Waals surface area (Å²) < 4.78 is 0. The van der Waals surface area contributed by atoms with Gasteiger partial charge in [0.1, 0.15) is 6.17 Å². The van der Waals surface area contributed by atoms with Gasteiger partial charge in [-0.2, -0.15) is 0 Å². The van der Waals surface area contributed by atoms with Crippen LogP contribution in [0.2, 0.25) is 0 Å². The topological polar surface area (TPSA) is 32.5 Å². The van der Waals surface area contributed by atoms with Crippen molar-refractivity contribution in [2.45, 2.75) is 13.1 Å². The van der Waals surface area contributed by atoms with E-state index >= 15 is 0 Å². The number of allylic oxidation sites excluding steroid dienone is 6. The molecule has 2 heterocycles. The second kappa shape index (κ2) is 6.16. The summed E-state index contributed by atoms with van der Waals surface area (Å²) in [6.45, 7) is 6.52. The predicted octanol–water partition coefficient (Wildman–Crippen LogP) is 3.07. The van der Waals surface area contributed by atoms with Crippen molar-refractivity contribution in [2.24, 2.45) is 5.73 Å². The van der Waals surface area contributed by atoms with Crippen LogP contribution in [0.4, 0.5) is 0 Å². The monoisotopic (exact) mass is 289 g/mol. The Morgan fingerprint density at radius 3 is 2.85 bits per heavy atom. The number of nitrogens with zero attached hydrogens (tertiary/aromatic N) is 2. The van der Waals surface area contributed by atoms with Crippen LogP contribution in [0.3, 0.4) is 0 Å². The smallest absolute Gasteiger partial charge is 0.125 e. The van der Waals surface area contributed by atoms with Crippen LogP contribution in [0, 0.1) is 0 Å². The van der Waals surface area contributed by atoms with Gasteiger partial charge in [0, 0.05) is 24.8 Å². The molecule has 106 valence electrons. The third-order valence-electron chi connectivity index (χ3n) is 3.48. The van der Waals surface area contributed by atoms with Crippen LogP contribution in [0.1, 0.15) is 6.92 Å². The van der Waals surface area contributed by atoms with E-state index in [0.717, 1.165) is 17.0 Å². The van der Waals surface area contributed by atoms with Gasteiger partial charge in [0.05, 0.1) is 11.4 Å². The van der Waals surface area contributed by atoms with E-state index in [1.807, 2.05) is 43.5 Å². The summed E-state index contributed by atoms with van der Waals surface area (Å²) in [5.41, 5.74) is 8.97. The van der Waals surface area contributed by atoms with Crippen LogP contribution >= 0.6 is 11.6 Å². The molecule has 0 aromatic heterocycles. The van der Waals surface area contributed by atoms with Gasteiger partial charge in [0.2, 0.25) is 0 Å². The predicted molar refractivity (Wildman–Crippen MR) is 85.6 cm³/mol. The Morgan fingerprint density at radius 2 is 2.20 bits per heavy atom. The molecule has 3 nitrogen and oxygen atoms in total. The lowest BCUT2D eigenvalue weighted by Crippen LogP contribution is -2.35. The van der Waals surface area contributed by atoms with Gasteiger partial charge < -0.3 is 15.5 Å². The summed E-state index contributed by atoms with van der Waals surface area (Å²) in [5, 5.41) is 0.694. The highest BCUT2D eigenvalue weighted by molar-refractivity contribution is 6.31. The second-order valence-corrected chi connectivity index (χ2v) is 5.13. The van der Waals surface area contributed by atoms with Crippen LogP contribution in [0.25, 0.3) is 0 Å². The summed E-state index contributed by atoms with van der Waals surface area (Å²) in [6.07, 6.45) is 14.0. The molecular weight excluding hydrogens is 270 g/mol. The molecule has 0 aliphatic carbocycles. The van der Waals surface area contributed by atoms with Gasteiger partial charge in [-0.05, 0) is 30.7 Å². The highest BCUT2D eigenvalue weighted by Gasteiger charge is 2.33. The molecule has 0 radical (unpaired) electrons. The van der Waals surface area contributed by atoms with E-state index in [1.54, 1.807) is 0 Å². The van der Waals surface area contributed by atoms with Crippen molar-refractivity contribution >= 4 is 11.6 Å². The SMILES string of the molecule is C=C(/C=C\C(Cl)=C/C)C1=C(CN)N2C=CC=CC2N1C. The number of hydrogen-bond acceptors (Lipinski definition) is 3. The number of likely N-dealkylation sites (N-methyl/N-ethyl adjacent to an activating group) is 1. The molecule has 4 heteroatoms. The Hall–Kier alpha value is -1.71. The molecule has 1 atom stereocenters. The zero-order valence-corrected chi connectivity index (χ0v) is 12.6. The summed E-state index contributed by atoms with van der Waals surface area (Å²) in [6, 6.07) is 0. The second-order valence-electron chi connectivity index (χ2n) is 4.69. The van der Waals surface area contributed by atoms with Crippen molar-refractivity contribution < 1.29 is 0 Å². The first-order valence-electron chi connectivity index (χ1n) is 6.58. The van der Waals surface area contributed by atoms with Crippen molar-refractivity contribution in [1.82, 2.24) is 9.80 Å². The van der Waals surface area contributed by atoms with E-state index in [2.05, 4.69) is 29.5 Å². The number of nitrogens with two attached hydrogens (primary N) is 1. The average molecular weight is 290 g/mol. The minimum atomic E-state index is 0.177. The van der Waals surface area contributed by atoms with E-state index in [4.69, 9.17) is 17.3 Å². The highest BCUT2D eigenvalue weighted by Crippen LogP contribution is 2.34. The molecule has 2 N–H and O–H groups in total. The molecule has 0 saturated carbocycles. The van der Waals surface area contributed by atoms with Gasteiger partial charge in [-0.3, -0.25) is 0 Å². The summed E-state index contributed by atoms with van der Waals surface area (Å²) in [4.78, 5) is 4.35. The minimum absolute atomic E-state index is 0.177. The third-order valence-corrected chi connectivity index (χ3v) is 3.82. The van der Waals surface area contributed by atoms with Crippen LogP contribution in [-0.2, 0) is 0 Å². The minimum Gasteiger partial charge on any atom is -0.349 e. The molecule has 1 unspecified atom stereocenters. The molecule has 2 aliphatic heterocycles. The van der Waals surface area contributed by atoms with Crippen molar-refractivity contribution in [1.29, 1.82) is 0 Å². The molecular formula is C16H20ClN3. The van der Waals surface area contributed by atoms with Crippen LogP contribution in [0.5, 0.6) is 0 Å². The molecule has 0 spiro atoms. The van der Waals surface area contributed by atoms with E-state index in [1.165, 1.54) is 0 Å². The van der Waals surface area contributed by atoms with E-state index in [9.17, 15) is 0 Å². The van der Waals surface area contributed by atoms with Gasteiger partial charge >= 0.3 is 0 Å². The number of rotatable bonds is 4. The van der Waals surface area contributed by atoms with E-state index in [0.29, 0.717) is 11.6 Å². The van der Waals surface area contributed by atoms with Gasteiger partial charge in [-0.15, -0.1) is 0 Å². The summed E-state index contributed by atoms with van der Waals surface area (Å²) in [5.74, 6) is 0. The van der Waals surface area contributed by atoms with E-state index in [-0.39, 0.29) is 6.17 Å². The summed E-state index contributed by atoms with van der Waals surface area (Å²) in [7, 11) is 2.05. The maximum atomic E-state index is 5.99. The Labute approximate surface area is 125 Å². The normalized spacial score (nSPS) is 22.2. The zero-order chi connectivity index (χ0) is 14.7. The average Bonchev–Trinajstić information content (AvgIpc) is 2.77. The van der Waals surface area contributed by atoms with Gasteiger partial charge in [0.25, 0.3) is 0 Å². The van der Waals surface area contributed by atoms with Crippen molar-refractivity contribution in [3.8, 4) is 0 Å². The lowest BCUT2D eigenvalue weighted by Gasteiger charge is -2.29. The fraction of sp³-hybridized carbons (Fsp3) is 0.250. The molecule has 2 rings (SSSR count). The van der Waals surface area contributed by atoms with Crippen molar-refractivity contribution in [2.75, 3.05) is 13.6 Å².